The van der Waals surface area contributed by atoms with Crippen LogP contribution in [0.4, 0.5) is 0 Å². The van der Waals surface area contributed by atoms with Gasteiger partial charge in [-0.05, 0) is 11.3 Å². The van der Waals surface area contributed by atoms with Gasteiger partial charge in [-0.2, -0.15) is 0 Å². The highest BCUT2D eigenvalue weighted by Crippen LogP contribution is 2.33. The fourth-order valence-corrected chi connectivity index (χ4v) is 1.55. The second-order valence-electron chi connectivity index (χ2n) is 4.97. The smallest absolute Gasteiger partial charge is 0.304 e. The molecular formula is C10H19NO2. The van der Waals surface area contributed by atoms with Crippen molar-refractivity contribution in [2.75, 3.05) is 19.6 Å². The molecule has 0 bridgehead atoms. The Hall–Kier alpha value is -0.570. The fourth-order valence-electron chi connectivity index (χ4n) is 1.55. The van der Waals surface area contributed by atoms with Gasteiger partial charge in [-0.3, -0.25) is 4.79 Å². The van der Waals surface area contributed by atoms with E-state index in [2.05, 4.69) is 25.7 Å². The van der Waals surface area contributed by atoms with Gasteiger partial charge in [0, 0.05) is 19.6 Å². The Bertz CT molecular complexity index is 190. The second-order valence-corrected chi connectivity index (χ2v) is 4.97. The molecule has 1 rings (SSSR count). The van der Waals surface area contributed by atoms with E-state index >= 15 is 0 Å². The molecule has 0 unspecified atom stereocenters. The van der Waals surface area contributed by atoms with Crippen molar-refractivity contribution in [3.63, 3.8) is 0 Å². The van der Waals surface area contributed by atoms with E-state index in [4.69, 9.17) is 5.11 Å². The summed E-state index contributed by atoms with van der Waals surface area (Å²) in [6, 6.07) is 0. The molecule has 3 heteroatoms. The molecule has 1 aliphatic heterocycles. The molecule has 3 nitrogen and oxygen atoms in total. The van der Waals surface area contributed by atoms with E-state index in [1.165, 1.54) is 0 Å². The van der Waals surface area contributed by atoms with E-state index in [1.807, 2.05) is 0 Å². The summed E-state index contributed by atoms with van der Waals surface area (Å²) in [7, 11) is 0. The number of carboxylic acid groups (broad SMARTS) is 1. The Kier molecular flexibility index (Phi) is 2.96. The summed E-state index contributed by atoms with van der Waals surface area (Å²) < 4.78 is 0. The second kappa shape index (κ2) is 3.66. The predicted molar refractivity (Wildman–Crippen MR) is 51.6 cm³/mol. The van der Waals surface area contributed by atoms with E-state index in [-0.39, 0.29) is 6.42 Å². The third-order valence-corrected chi connectivity index (χ3v) is 2.82. The third kappa shape index (κ3) is 2.99. The lowest BCUT2D eigenvalue weighted by Crippen LogP contribution is -2.52. The number of carboxylic acids is 1. The van der Waals surface area contributed by atoms with Crippen LogP contribution in [0.3, 0.4) is 0 Å². The van der Waals surface area contributed by atoms with Gasteiger partial charge < -0.3 is 10.0 Å². The number of rotatable bonds is 3. The van der Waals surface area contributed by atoms with Crippen LogP contribution in [-0.2, 0) is 4.79 Å². The van der Waals surface area contributed by atoms with E-state index in [9.17, 15) is 4.79 Å². The summed E-state index contributed by atoms with van der Waals surface area (Å²) in [5, 5.41) is 8.48. The molecule has 0 atom stereocenters. The summed E-state index contributed by atoms with van der Waals surface area (Å²) in [5.74, 6) is 0.0421. The van der Waals surface area contributed by atoms with Crippen LogP contribution in [0.2, 0.25) is 0 Å². The lowest BCUT2D eigenvalue weighted by Gasteiger charge is -2.46. The van der Waals surface area contributed by atoms with Crippen molar-refractivity contribution in [1.29, 1.82) is 0 Å². The average Bonchev–Trinajstić information content (AvgIpc) is 1.79. The van der Waals surface area contributed by atoms with E-state index in [0.29, 0.717) is 12.0 Å². The molecule has 76 valence electrons. The first-order valence-corrected chi connectivity index (χ1v) is 4.84. The molecular weight excluding hydrogens is 166 g/mol. The van der Waals surface area contributed by atoms with Crippen LogP contribution >= 0.6 is 0 Å². The number of hydrogen-bond acceptors (Lipinski definition) is 2. The van der Waals surface area contributed by atoms with E-state index in [1.54, 1.807) is 0 Å². The number of hydrogen-bond donors (Lipinski definition) is 1. The Labute approximate surface area is 79.7 Å². The van der Waals surface area contributed by atoms with Crippen LogP contribution in [0.25, 0.3) is 0 Å². The number of nitrogens with zero attached hydrogens (tertiary/aromatic N) is 1. The molecule has 13 heavy (non-hydrogen) atoms. The van der Waals surface area contributed by atoms with Gasteiger partial charge in [0.2, 0.25) is 0 Å². The van der Waals surface area contributed by atoms with Gasteiger partial charge in [0.1, 0.15) is 0 Å². The molecule has 0 aliphatic carbocycles. The van der Waals surface area contributed by atoms with Crippen molar-refractivity contribution in [2.24, 2.45) is 11.3 Å². The summed E-state index contributed by atoms with van der Waals surface area (Å²) in [4.78, 5) is 12.5. The minimum absolute atomic E-state index is 0.275. The van der Waals surface area contributed by atoms with Gasteiger partial charge in [0.15, 0.2) is 0 Å². The van der Waals surface area contributed by atoms with Crippen molar-refractivity contribution in [3.05, 3.63) is 0 Å². The van der Waals surface area contributed by atoms with Crippen LogP contribution in [0.5, 0.6) is 0 Å². The van der Waals surface area contributed by atoms with Gasteiger partial charge in [0.05, 0.1) is 6.42 Å². The van der Waals surface area contributed by atoms with Crippen LogP contribution in [0.15, 0.2) is 0 Å². The zero-order chi connectivity index (χ0) is 10.1. The maximum Gasteiger partial charge on any atom is 0.304 e. The molecule has 0 radical (unpaired) electrons. The number of carbonyl (C=O) groups is 1. The SMILES string of the molecule is CC(C)(C)C1CN(CCC(=O)O)C1. The quantitative estimate of drug-likeness (QED) is 0.723. The molecule has 0 aromatic heterocycles. The maximum atomic E-state index is 10.3. The molecule has 1 fully saturated rings. The zero-order valence-corrected chi connectivity index (χ0v) is 8.71. The standard InChI is InChI=1S/C10H19NO2/c1-10(2,3)8-6-11(7-8)5-4-9(12)13/h8H,4-7H2,1-3H3,(H,12,13). The highest BCUT2D eigenvalue weighted by molar-refractivity contribution is 5.66. The molecule has 0 amide bonds. The minimum atomic E-state index is -0.695. The lowest BCUT2D eigenvalue weighted by molar-refractivity contribution is -0.137. The number of likely N-dealkylation sites (tertiary alicyclic amines) is 1. The van der Waals surface area contributed by atoms with Crippen LogP contribution in [0, 0.1) is 11.3 Å². The molecule has 0 aromatic carbocycles. The Morgan fingerprint density at radius 1 is 1.46 bits per heavy atom. The maximum absolute atomic E-state index is 10.3. The van der Waals surface area contributed by atoms with E-state index in [0.717, 1.165) is 19.0 Å². The molecule has 1 heterocycles. The molecule has 1 saturated heterocycles. The van der Waals surface area contributed by atoms with Crippen LogP contribution in [-0.4, -0.2) is 35.6 Å². The minimum Gasteiger partial charge on any atom is -0.481 e. The number of aliphatic carboxylic acids is 1. The van der Waals surface area contributed by atoms with Crippen molar-refractivity contribution >= 4 is 5.97 Å². The Balaban J connectivity index is 2.15. The normalized spacial score (nSPS) is 19.9. The van der Waals surface area contributed by atoms with Gasteiger partial charge in [-0.15, -0.1) is 0 Å². The topological polar surface area (TPSA) is 40.5 Å². The first-order valence-electron chi connectivity index (χ1n) is 4.84. The highest BCUT2D eigenvalue weighted by Gasteiger charge is 2.35. The van der Waals surface area contributed by atoms with Gasteiger partial charge in [0.25, 0.3) is 0 Å². The van der Waals surface area contributed by atoms with Gasteiger partial charge >= 0.3 is 5.97 Å². The first kappa shape index (κ1) is 10.5. The van der Waals surface area contributed by atoms with Gasteiger partial charge in [-0.25, -0.2) is 0 Å². The van der Waals surface area contributed by atoms with Crippen molar-refractivity contribution in [3.8, 4) is 0 Å². The molecule has 0 saturated carbocycles. The monoisotopic (exact) mass is 185 g/mol. The summed E-state index contributed by atoms with van der Waals surface area (Å²) in [6.45, 7) is 9.57. The Morgan fingerprint density at radius 2 is 2.00 bits per heavy atom. The van der Waals surface area contributed by atoms with Crippen molar-refractivity contribution < 1.29 is 9.90 Å². The summed E-state index contributed by atoms with van der Waals surface area (Å²) >= 11 is 0. The zero-order valence-electron chi connectivity index (χ0n) is 8.71. The third-order valence-electron chi connectivity index (χ3n) is 2.82. The Morgan fingerprint density at radius 3 is 2.38 bits per heavy atom. The molecule has 1 aliphatic rings. The largest absolute Gasteiger partial charge is 0.481 e. The highest BCUT2D eigenvalue weighted by atomic mass is 16.4. The van der Waals surface area contributed by atoms with Gasteiger partial charge in [-0.1, -0.05) is 20.8 Å². The fraction of sp³-hybridized carbons (Fsp3) is 0.900. The van der Waals surface area contributed by atoms with Crippen molar-refractivity contribution in [1.82, 2.24) is 4.90 Å². The molecule has 0 aromatic rings. The lowest BCUT2D eigenvalue weighted by atomic mass is 9.76. The molecule has 1 N–H and O–H groups in total. The molecule has 0 spiro atoms. The van der Waals surface area contributed by atoms with Crippen LogP contribution < -0.4 is 0 Å². The summed E-state index contributed by atoms with van der Waals surface area (Å²) in [5.41, 5.74) is 0.375. The van der Waals surface area contributed by atoms with Crippen LogP contribution in [0.1, 0.15) is 27.2 Å². The van der Waals surface area contributed by atoms with E-state index < -0.39 is 5.97 Å². The first-order chi connectivity index (χ1) is 5.89. The average molecular weight is 185 g/mol. The predicted octanol–water partition coefficient (Wildman–Crippen LogP) is 1.44. The summed E-state index contributed by atoms with van der Waals surface area (Å²) in [6.07, 6.45) is 0.275. The van der Waals surface area contributed by atoms with Crippen molar-refractivity contribution in [2.45, 2.75) is 27.2 Å².